The summed E-state index contributed by atoms with van der Waals surface area (Å²) in [6, 6.07) is 0. The second kappa shape index (κ2) is 5.63. The molecule has 1 saturated heterocycles. The van der Waals surface area contributed by atoms with Crippen molar-refractivity contribution in [3.8, 4) is 0 Å². The topological polar surface area (TPSA) is 67.0 Å². The first-order valence-electron chi connectivity index (χ1n) is 6.89. The number of halogens is 1. The number of amides is 1. The number of carbonyl (C=O) groups excluding carboxylic acids is 1. The van der Waals surface area contributed by atoms with Crippen LogP contribution in [-0.4, -0.2) is 35.4 Å². The summed E-state index contributed by atoms with van der Waals surface area (Å²) in [6.45, 7) is 1.50. The maximum Gasteiger partial charge on any atom is 0.272 e. The van der Waals surface area contributed by atoms with Crippen LogP contribution in [0, 0.1) is 0 Å². The number of nitrogens with zero attached hydrogens (tertiary/aromatic N) is 1. The molecule has 1 atom stereocenters. The van der Waals surface area contributed by atoms with Gasteiger partial charge < -0.3 is 10.1 Å². The fourth-order valence-corrected chi connectivity index (χ4v) is 3.12. The third kappa shape index (κ3) is 3.00. The lowest BCUT2D eigenvalue weighted by atomic mass is 10.2. The first kappa shape index (κ1) is 13.1. The van der Waals surface area contributed by atoms with Gasteiger partial charge in [0.05, 0.1) is 16.3 Å². The van der Waals surface area contributed by atoms with E-state index in [2.05, 4.69) is 31.4 Å². The summed E-state index contributed by atoms with van der Waals surface area (Å²) in [4.78, 5) is 12.0. The minimum atomic E-state index is -0.118. The first-order valence-corrected chi connectivity index (χ1v) is 7.68. The fourth-order valence-electron chi connectivity index (χ4n) is 2.44. The molecule has 0 aromatic carbocycles. The number of nitrogens with one attached hydrogen (secondary N) is 2. The normalized spacial score (nSPS) is 22.7. The van der Waals surface area contributed by atoms with Crippen LogP contribution in [0.2, 0.25) is 0 Å². The minimum Gasteiger partial charge on any atom is -0.378 e. The van der Waals surface area contributed by atoms with Crippen LogP contribution >= 0.6 is 15.9 Å². The molecule has 2 heterocycles. The van der Waals surface area contributed by atoms with E-state index in [4.69, 9.17) is 4.74 Å². The lowest BCUT2D eigenvalue weighted by Gasteiger charge is -2.09. The van der Waals surface area contributed by atoms with Gasteiger partial charge in [0.15, 0.2) is 5.69 Å². The van der Waals surface area contributed by atoms with E-state index in [1.54, 1.807) is 0 Å². The van der Waals surface area contributed by atoms with E-state index in [-0.39, 0.29) is 5.91 Å². The number of hydrogen-bond donors (Lipinski definition) is 2. The summed E-state index contributed by atoms with van der Waals surface area (Å²) >= 11 is 3.47. The molecule has 3 rings (SSSR count). The van der Waals surface area contributed by atoms with Crippen molar-refractivity contribution >= 4 is 21.8 Å². The van der Waals surface area contributed by atoms with Crippen molar-refractivity contribution < 1.29 is 9.53 Å². The van der Waals surface area contributed by atoms with Gasteiger partial charge in [-0.05, 0) is 48.0 Å². The van der Waals surface area contributed by atoms with E-state index in [1.165, 1.54) is 12.8 Å². The Hall–Kier alpha value is -0.880. The Morgan fingerprint density at radius 2 is 2.32 bits per heavy atom. The molecule has 5 nitrogen and oxygen atoms in total. The third-order valence-corrected chi connectivity index (χ3v) is 4.51. The molecule has 2 aliphatic rings. The molecule has 6 heteroatoms. The number of ether oxygens (including phenoxy) is 1. The minimum absolute atomic E-state index is 0.118. The van der Waals surface area contributed by atoms with E-state index in [1.807, 2.05) is 0 Å². The number of aromatic amines is 1. The lowest BCUT2D eigenvalue weighted by Crippen LogP contribution is -2.27. The van der Waals surface area contributed by atoms with E-state index in [0.717, 1.165) is 36.0 Å². The number of H-pyrrole nitrogens is 1. The van der Waals surface area contributed by atoms with Crippen LogP contribution < -0.4 is 5.32 Å². The summed E-state index contributed by atoms with van der Waals surface area (Å²) in [7, 11) is 0. The second-order valence-electron chi connectivity index (χ2n) is 5.25. The zero-order chi connectivity index (χ0) is 13.2. The predicted octanol–water partition coefficient (Wildman–Crippen LogP) is 2.35. The van der Waals surface area contributed by atoms with Crippen LogP contribution in [0.5, 0.6) is 0 Å². The zero-order valence-corrected chi connectivity index (χ0v) is 12.3. The molecule has 1 saturated carbocycles. The summed E-state index contributed by atoms with van der Waals surface area (Å²) in [5.41, 5.74) is 1.53. The SMILES string of the molecule is O=C(NCCC1CCCO1)c1n[nH]c(C2CC2)c1Br. The van der Waals surface area contributed by atoms with Crippen LogP contribution in [0.25, 0.3) is 0 Å². The van der Waals surface area contributed by atoms with Crippen LogP contribution in [0.15, 0.2) is 4.47 Å². The molecule has 2 fully saturated rings. The molecule has 104 valence electrons. The van der Waals surface area contributed by atoms with Crippen LogP contribution in [-0.2, 0) is 4.74 Å². The van der Waals surface area contributed by atoms with Crippen LogP contribution in [0.4, 0.5) is 0 Å². The Balaban J connectivity index is 1.51. The highest BCUT2D eigenvalue weighted by Crippen LogP contribution is 2.42. The molecular formula is C13H18BrN3O2. The van der Waals surface area contributed by atoms with Crippen LogP contribution in [0.1, 0.15) is 54.2 Å². The van der Waals surface area contributed by atoms with E-state index in [0.29, 0.717) is 24.3 Å². The monoisotopic (exact) mass is 327 g/mol. The standard InChI is InChI=1S/C13H18BrN3O2/c14-10-11(8-3-4-8)16-17-12(10)13(18)15-6-5-9-2-1-7-19-9/h8-9H,1-7H2,(H,15,18)(H,16,17). The molecule has 0 radical (unpaired) electrons. The average Bonchev–Trinajstić information content (AvgIpc) is 2.96. The Morgan fingerprint density at radius 3 is 3.00 bits per heavy atom. The van der Waals surface area contributed by atoms with Gasteiger partial charge in [-0.3, -0.25) is 9.89 Å². The summed E-state index contributed by atoms with van der Waals surface area (Å²) < 4.78 is 6.35. The van der Waals surface area contributed by atoms with Gasteiger partial charge in [0.25, 0.3) is 5.91 Å². The molecule has 0 spiro atoms. The number of aromatic nitrogens is 2. The molecule has 1 aromatic rings. The number of hydrogen-bond acceptors (Lipinski definition) is 3. The molecule has 0 bridgehead atoms. The highest BCUT2D eigenvalue weighted by atomic mass is 79.9. The Kier molecular flexibility index (Phi) is 3.88. The summed E-state index contributed by atoms with van der Waals surface area (Å²) in [5.74, 6) is 0.434. The molecule has 1 aromatic heterocycles. The maximum atomic E-state index is 12.0. The maximum absolute atomic E-state index is 12.0. The van der Waals surface area contributed by atoms with Gasteiger partial charge in [0, 0.05) is 19.1 Å². The van der Waals surface area contributed by atoms with Gasteiger partial charge >= 0.3 is 0 Å². The number of rotatable bonds is 5. The highest BCUT2D eigenvalue weighted by Gasteiger charge is 2.30. The van der Waals surface area contributed by atoms with Crippen molar-refractivity contribution in [2.75, 3.05) is 13.2 Å². The highest BCUT2D eigenvalue weighted by molar-refractivity contribution is 9.10. The predicted molar refractivity (Wildman–Crippen MR) is 74.2 cm³/mol. The molecule has 2 N–H and O–H groups in total. The second-order valence-corrected chi connectivity index (χ2v) is 6.05. The van der Waals surface area contributed by atoms with Crippen molar-refractivity contribution in [2.24, 2.45) is 0 Å². The zero-order valence-electron chi connectivity index (χ0n) is 10.7. The van der Waals surface area contributed by atoms with Crippen molar-refractivity contribution in [1.29, 1.82) is 0 Å². The molecule has 19 heavy (non-hydrogen) atoms. The van der Waals surface area contributed by atoms with Crippen LogP contribution in [0.3, 0.4) is 0 Å². The van der Waals surface area contributed by atoms with Crippen molar-refractivity contribution in [2.45, 2.75) is 44.1 Å². The molecular weight excluding hydrogens is 310 g/mol. The van der Waals surface area contributed by atoms with Crippen molar-refractivity contribution in [3.05, 3.63) is 15.9 Å². The smallest absolute Gasteiger partial charge is 0.272 e. The van der Waals surface area contributed by atoms with Gasteiger partial charge in [-0.15, -0.1) is 0 Å². The molecule has 1 aliphatic carbocycles. The Bertz CT molecular complexity index is 464. The number of carbonyl (C=O) groups is 1. The summed E-state index contributed by atoms with van der Waals surface area (Å²) in [5, 5.41) is 9.99. The van der Waals surface area contributed by atoms with Gasteiger partial charge in [0.1, 0.15) is 0 Å². The molecule has 1 aliphatic heterocycles. The van der Waals surface area contributed by atoms with Crippen molar-refractivity contribution in [3.63, 3.8) is 0 Å². The molecule has 1 unspecified atom stereocenters. The van der Waals surface area contributed by atoms with Gasteiger partial charge in [-0.1, -0.05) is 0 Å². The third-order valence-electron chi connectivity index (χ3n) is 3.71. The Morgan fingerprint density at radius 1 is 1.47 bits per heavy atom. The van der Waals surface area contributed by atoms with E-state index in [9.17, 15) is 4.79 Å². The average molecular weight is 328 g/mol. The van der Waals surface area contributed by atoms with Gasteiger partial charge in [-0.2, -0.15) is 5.10 Å². The largest absolute Gasteiger partial charge is 0.378 e. The van der Waals surface area contributed by atoms with Crippen molar-refractivity contribution in [1.82, 2.24) is 15.5 Å². The fraction of sp³-hybridized carbons (Fsp3) is 0.692. The van der Waals surface area contributed by atoms with Gasteiger partial charge in [0.2, 0.25) is 0 Å². The first-order chi connectivity index (χ1) is 9.25. The lowest BCUT2D eigenvalue weighted by molar-refractivity contribution is 0.0902. The Labute approximate surface area is 120 Å². The van der Waals surface area contributed by atoms with E-state index >= 15 is 0 Å². The van der Waals surface area contributed by atoms with Gasteiger partial charge in [-0.25, -0.2) is 0 Å². The summed E-state index contributed by atoms with van der Waals surface area (Å²) in [6.07, 6.45) is 5.79. The molecule has 1 amide bonds. The quantitative estimate of drug-likeness (QED) is 0.872. The van der Waals surface area contributed by atoms with E-state index < -0.39 is 0 Å².